The zero-order valence-corrected chi connectivity index (χ0v) is 21.6. The second-order valence-electron chi connectivity index (χ2n) is 7.43. The lowest BCUT2D eigenvalue weighted by molar-refractivity contribution is 0.265. The normalized spacial score (nSPS) is 10.7. The van der Waals surface area contributed by atoms with Crippen LogP contribution in [-0.2, 0) is 13.2 Å². The lowest BCUT2D eigenvalue weighted by atomic mass is 10.2. The van der Waals surface area contributed by atoms with Gasteiger partial charge in [-0.15, -0.1) is 0 Å². The van der Waals surface area contributed by atoms with E-state index in [4.69, 9.17) is 26.4 Å². The maximum absolute atomic E-state index is 14.0. The first-order valence-corrected chi connectivity index (χ1v) is 12.1. The van der Waals surface area contributed by atoms with Crippen molar-refractivity contribution in [2.45, 2.75) is 20.1 Å². The fourth-order valence-electron chi connectivity index (χ4n) is 3.48. The molecule has 0 fully saturated rings. The highest BCUT2D eigenvalue weighted by Crippen LogP contribution is 2.35. The van der Waals surface area contributed by atoms with Gasteiger partial charge in [-0.3, -0.25) is 0 Å². The van der Waals surface area contributed by atoms with E-state index in [1.165, 1.54) is 6.07 Å². The molecule has 0 aliphatic rings. The topological polar surface area (TPSA) is 73.3 Å². The SMILES string of the molecule is CCOc1cc(CNn2c(-c3ccccc3OC)n[nH]c2=S)c(Br)cc1OCc1ccccc1F. The summed E-state index contributed by atoms with van der Waals surface area (Å²) in [6, 6.07) is 17.8. The van der Waals surface area contributed by atoms with Gasteiger partial charge in [0.1, 0.15) is 18.2 Å². The summed E-state index contributed by atoms with van der Waals surface area (Å²) in [6.07, 6.45) is 0. The molecule has 0 atom stereocenters. The van der Waals surface area contributed by atoms with E-state index in [1.54, 1.807) is 30.0 Å². The number of para-hydroxylation sites is 1. The molecule has 2 N–H and O–H groups in total. The first-order chi connectivity index (χ1) is 17.0. The van der Waals surface area contributed by atoms with E-state index < -0.39 is 0 Å². The number of aromatic nitrogens is 3. The second kappa shape index (κ2) is 11.4. The molecule has 7 nitrogen and oxygen atoms in total. The summed E-state index contributed by atoms with van der Waals surface area (Å²) in [5.41, 5.74) is 5.47. The quantitative estimate of drug-likeness (QED) is 0.224. The molecule has 0 amide bonds. The lowest BCUT2D eigenvalue weighted by Crippen LogP contribution is -2.16. The molecule has 0 saturated heterocycles. The Balaban J connectivity index is 1.57. The van der Waals surface area contributed by atoms with Crippen LogP contribution in [0.15, 0.2) is 65.1 Å². The summed E-state index contributed by atoms with van der Waals surface area (Å²) in [7, 11) is 1.61. The number of hydrogen-bond acceptors (Lipinski definition) is 6. The Morgan fingerprint density at radius 1 is 1.03 bits per heavy atom. The molecule has 35 heavy (non-hydrogen) atoms. The van der Waals surface area contributed by atoms with Gasteiger partial charge < -0.3 is 19.6 Å². The summed E-state index contributed by atoms with van der Waals surface area (Å²) in [5, 5.41) is 7.19. The number of H-pyrrole nitrogens is 1. The van der Waals surface area contributed by atoms with E-state index in [-0.39, 0.29) is 12.4 Å². The minimum atomic E-state index is -0.312. The molecule has 0 spiro atoms. The molecular formula is C25H24BrFN4O3S. The van der Waals surface area contributed by atoms with Crippen molar-refractivity contribution in [2.24, 2.45) is 0 Å². The van der Waals surface area contributed by atoms with Gasteiger partial charge in [-0.25, -0.2) is 14.2 Å². The zero-order chi connectivity index (χ0) is 24.8. The molecule has 0 bridgehead atoms. The Morgan fingerprint density at radius 3 is 2.54 bits per heavy atom. The van der Waals surface area contributed by atoms with Crippen LogP contribution < -0.4 is 19.6 Å². The van der Waals surface area contributed by atoms with Crippen LogP contribution in [0.5, 0.6) is 17.2 Å². The third-order valence-electron chi connectivity index (χ3n) is 5.20. The van der Waals surface area contributed by atoms with Crippen molar-refractivity contribution in [3.63, 3.8) is 0 Å². The standard InChI is InChI=1S/C25H24BrFN4O3S/c1-3-33-22-12-17(19(26)13-23(22)34-15-16-8-4-6-10-20(16)27)14-28-31-24(29-30-25(31)35)18-9-5-7-11-21(18)32-2/h4-13,28H,3,14-15H2,1-2H3,(H,30,35). The van der Waals surface area contributed by atoms with Crippen LogP contribution in [0.3, 0.4) is 0 Å². The minimum Gasteiger partial charge on any atom is -0.496 e. The van der Waals surface area contributed by atoms with Gasteiger partial charge in [0.15, 0.2) is 17.3 Å². The summed E-state index contributed by atoms with van der Waals surface area (Å²) in [6.45, 7) is 2.84. The predicted octanol–water partition coefficient (Wildman–Crippen LogP) is 6.24. The highest BCUT2D eigenvalue weighted by Gasteiger charge is 2.16. The average Bonchev–Trinajstić information content (AvgIpc) is 3.24. The first-order valence-electron chi connectivity index (χ1n) is 10.9. The fraction of sp³-hybridized carbons (Fsp3) is 0.200. The molecular weight excluding hydrogens is 535 g/mol. The summed E-state index contributed by atoms with van der Waals surface area (Å²) >= 11 is 9.05. The largest absolute Gasteiger partial charge is 0.496 e. The van der Waals surface area contributed by atoms with Gasteiger partial charge in [0.25, 0.3) is 0 Å². The minimum absolute atomic E-state index is 0.0865. The molecule has 0 saturated carbocycles. The van der Waals surface area contributed by atoms with Crippen molar-refractivity contribution in [2.75, 3.05) is 19.1 Å². The highest BCUT2D eigenvalue weighted by atomic mass is 79.9. The Labute approximate surface area is 216 Å². The molecule has 1 heterocycles. The van der Waals surface area contributed by atoms with Gasteiger partial charge in [0, 0.05) is 10.0 Å². The molecule has 1 aromatic heterocycles. The van der Waals surface area contributed by atoms with Crippen molar-refractivity contribution >= 4 is 28.1 Å². The Hall–Kier alpha value is -3.37. The third-order valence-corrected chi connectivity index (χ3v) is 6.21. The van der Waals surface area contributed by atoms with Crippen molar-refractivity contribution in [1.29, 1.82) is 0 Å². The van der Waals surface area contributed by atoms with E-state index in [0.29, 0.717) is 46.6 Å². The number of nitrogens with one attached hydrogen (secondary N) is 2. The van der Waals surface area contributed by atoms with Gasteiger partial charge in [-0.1, -0.05) is 46.3 Å². The van der Waals surface area contributed by atoms with E-state index in [2.05, 4.69) is 31.6 Å². The van der Waals surface area contributed by atoms with Gasteiger partial charge in [0.2, 0.25) is 4.77 Å². The van der Waals surface area contributed by atoms with Gasteiger partial charge in [-0.05, 0) is 55.0 Å². The molecule has 4 rings (SSSR count). The number of methoxy groups -OCH3 is 1. The summed E-state index contributed by atoms with van der Waals surface area (Å²) in [5.74, 6) is 2.04. The Bertz CT molecular complexity index is 1380. The van der Waals surface area contributed by atoms with E-state index in [9.17, 15) is 4.39 Å². The van der Waals surface area contributed by atoms with Gasteiger partial charge in [-0.2, -0.15) is 5.10 Å². The highest BCUT2D eigenvalue weighted by molar-refractivity contribution is 9.10. The predicted molar refractivity (Wildman–Crippen MR) is 139 cm³/mol. The monoisotopic (exact) mass is 558 g/mol. The van der Waals surface area contributed by atoms with E-state index in [0.717, 1.165) is 15.6 Å². The summed E-state index contributed by atoms with van der Waals surface area (Å²) < 4.78 is 34.1. The Morgan fingerprint density at radius 2 is 1.77 bits per heavy atom. The fourth-order valence-corrected chi connectivity index (χ4v) is 4.14. The van der Waals surface area contributed by atoms with Crippen molar-refractivity contribution < 1.29 is 18.6 Å². The molecule has 0 radical (unpaired) electrons. The smallest absolute Gasteiger partial charge is 0.214 e. The number of rotatable bonds is 10. The third kappa shape index (κ3) is 5.66. The first kappa shape index (κ1) is 24.7. The van der Waals surface area contributed by atoms with Crippen LogP contribution in [0.4, 0.5) is 4.39 Å². The second-order valence-corrected chi connectivity index (χ2v) is 8.67. The van der Waals surface area contributed by atoms with Crippen molar-refractivity contribution in [1.82, 2.24) is 14.9 Å². The van der Waals surface area contributed by atoms with E-state index in [1.807, 2.05) is 43.3 Å². The van der Waals surface area contributed by atoms with E-state index >= 15 is 0 Å². The number of aromatic amines is 1. The van der Waals surface area contributed by atoms with Crippen LogP contribution in [0.25, 0.3) is 11.4 Å². The number of nitrogens with zero attached hydrogens (tertiary/aromatic N) is 2. The van der Waals surface area contributed by atoms with Gasteiger partial charge in [0.05, 0.1) is 25.8 Å². The lowest BCUT2D eigenvalue weighted by Gasteiger charge is -2.17. The average molecular weight is 559 g/mol. The van der Waals surface area contributed by atoms with Crippen LogP contribution in [-0.4, -0.2) is 28.6 Å². The van der Waals surface area contributed by atoms with Crippen LogP contribution in [0, 0.1) is 10.6 Å². The van der Waals surface area contributed by atoms with Crippen molar-refractivity contribution in [3.8, 4) is 28.6 Å². The van der Waals surface area contributed by atoms with Crippen LogP contribution >= 0.6 is 28.1 Å². The maximum atomic E-state index is 14.0. The summed E-state index contributed by atoms with van der Waals surface area (Å²) in [4.78, 5) is 0. The number of benzene rings is 3. The zero-order valence-electron chi connectivity index (χ0n) is 19.2. The van der Waals surface area contributed by atoms with Crippen LogP contribution in [0.2, 0.25) is 0 Å². The molecule has 0 unspecified atom stereocenters. The molecule has 0 aliphatic heterocycles. The molecule has 4 aromatic rings. The molecule has 0 aliphatic carbocycles. The van der Waals surface area contributed by atoms with Crippen LogP contribution in [0.1, 0.15) is 18.1 Å². The van der Waals surface area contributed by atoms with Crippen molar-refractivity contribution in [3.05, 3.63) is 86.9 Å². The molecule has 10 heteroatoms. The molecule has 182 valence electrons. The number of halogens is 2. The number of ether oxygens (including phenoxy) is 3. The maximum Gasteiger partial charge on any atom is 0.214 e. The number of hydrogen-bond donors (Lipinski definition) is 2. The Kier molecular flexibility index (Phi) is 8.04. The van der Waals surface area contributed by atoms with Gasteiger partial charge >= 0.3 is 0 Å². The molecule has 3 aromatic carbocycles.